The molecule has 0 bridgehead atoms. The highest BCUT2D eigenvalue weighted by atomic mass is 19.4. The molecule has 0 fully saturated rings. The van der Waals surface area contributed by atoms with Crippen LogP contribution in [0.15, 0.2) is 48.7 Å². The Morgan fingerprint density at radius 2 is 1.86 bits per heavy atom. The van der Waals surface area contributed by atoms with Crippen LogP contribution in [-0.4, -0.2) is 27.4 Å². The molecule has 2 aromatic heterocycles. The highest BCUT2D eigenvalue weighted by molar-refractivity contribution is 5.97. The Balaban J connectivity index is 1.72. The number of carbonyl (C=O) groups excluding carboxylic acids is 2. The second-order valence-electron chi connectivity index (χ2n) is 6.10. The number of carbonyl (C=O) groups is 2. The quantitative estimate of drug-likeness (QED) is 0.686. The van der Waals surface area contributed by atoms with Crippen molar-refractivity contribution in [1.29, 1.82) is 0 Å². The van der Waals surface area contributed by atoms with E-state index < -0.39 is 35.4 Å². The molecule has 9 heteroatoms. The Bertz CT molecular complexity index is 1040. The van der Waals surface area contributed by atoms with Gasteiger partial charge in [0, 0.05) is 11.9 Å². The largest absolute Gasteiger partial charge is 0.448 e. The number of esters is 1. The molecule has 0 spiro atoms. The molecule has 146 valence electrons. The maximum Gasteiger partial charge on any atom is 0.418 e. The first-order valence-electron chi connectivity index (χ1n) is 8.29. The Morgan fingerprint density at radius 3 is 2.54 bits per heavy atom. The van der Waals surface area contributed by atoms with E-state index in [1.807, 2.05) is 13.0 Å². The van der Waals surface area contributed by atoms with E-state index in [1.165, 1.54) is 25.3 Å². The maximum absolute atomic E-state index is 13.0. The molecule has 6 nitrogen and oxygen atoms in total. The monoisotopic (exact) mass is 391 g/mol. The molecule has 1 atom stereocenters. The zero-order valence-electron chi connectivity index (χ0n) is 14.9. The number of hydrogen-bond donors (Lipinski definition) is 1. The van der Waals surface area contributed by atoms with Gasteiger partial charge in [-0.1, -0.05) is 18.2 Å². The third-order valence-electron chi connectivity index (χ3n) is 4.05. The first-order chi connectivity index (χ1) is 13.2. The van der Waals surface area contributed by atoms with Crippen LogP contribution in [0.5, 0.6) is 0 Å². The lowest BCUT2D eigenvalue weighted by Crippen LogP contribution is -2.30. The number of hydrogen-bond acceptors (Lipinski definition) is 4. The SMILES string of the molecule is Cc1cccc2nc(C(=O)O[C@H](C)C(=O)Nc3ccccc3C(F)(F)F)cn12. The fourth-order valence-corrected chi connectivity index (χ4v) is 2.59. The van der Waals surface area contributed by atoms with Gasteiger partial charge in [0.15, 0.2) is 11.8 Å². The number of aromatic nitrogens is 2. The van der Waals surface area contributed by atoms with Gasteiger partial charge in [0.25, 0.3) is 5.91 Å². The number of nitrogens with one attached hydrogen (secondary N) is 1. The van der Waals surface area contributed by atoms with E-state index in [0.717, 1.165) is 17.8 Å². The molecule has 1 aromatic carbocycles. The van der Waals surface area contributed by atoms with Crippen molar-refractivity contribution in [2.24, 2.45) is 0 Å². The summed E-state index contributed by atoms with van der Waals surface area (Å²) in [6.07, 6.45) is -4.48. The van der Waals surface area contributed by atoms with Crippen LogP contribution in [-0.2, 0) is 15.7 Å². The standard InChI is InChI=1S/C19H16F3N3O3/c1-11-6-5-9-16-23-15(10-25(11)16)18(27)28-12(2)17(26)24-14-8-4-3-7-13(14)19(20,21)22/h3-10,12H,1-2H3,(H,24,26)/t12-/m1/s1. The molecule has 0 unspecified atom stereocenters. The molecule has 0 aliphatic rings. The van der Waals surface area contributed by atoms with Gasteiger partial charge in [-0.2, -0.15) is 13.2 Å². The molecule has 0 radical (unpaired) electrons. The molecule has 0 saturated carbocycles. The number of imidazole rings is 1. The normalized spacial score (nSPS) is 12.6. The van der Waals surface area contributed by atoms with E-state index in [9.17, 15) is 22.8 Å². The van der Waals surface area contributed by atoms with Gasteiger partial charge < -0.3 is 14.5 Å². The summed E-state index contributed by atoms with van der Waals surface area (Å²) in [5.74, 6) is -1.74. The first kappa shape index (κ1) is 19.4. The fourth-order valence-electron chi connectivity index (χ4n) is 2.59. The van der Waals surface area contributed by atoms with Crippen molar-refractivity contribution in [1.82, 2.24) is 9.38 Å². The average Bonchev–Trinajstić information content (AvgIpc) is 3.07. The van der Waals surface area contributed by atoms with Gasteiger partial charge >= 0.3 is 12.1 Å². The molecule has 0 saturated heterocycles. The van der Waals surface area contributed by atoms with Crippen molar-refractivity contribution in [3.63, 3.8) is 0 Å². The van der Waals surface area contributed by atoms with Crippen LogP contribution in [0.4, 0.5) is 18.9 Å². The smallest absolute Gasteiger partial charge is 0.418 e. The van der Waals surface area contributed by atoms with Crippen molar-refractivity contribution < 1.29 is 27.5 Å². The van der Waals surface area contributed by atoms with Crippen LogP contribution in [0.2, 0.25) is 0 Å². The number of pyridine rings is 1. The number of nitrogens with zero attached hydrogens (tertiary/aromatic N) is 2. The minimum Gasteiger partial charge on any atom is -0.448 e. The molecule has 2 heterocycles. The lowest BCUT2D eigenvalue weighted by atomic mass is 10.1. The van der Waals surface area contributed by atoms with Crippen molar-refractivity contribution in [2.45, 2.75) is 26.1 Å². The van der Waals surface area contributed by atoms with Gasteiger partial charge in [-0.3, -0.25) is 4.79 Å². The van der Waals surface area contributed by atoms with Gasteiger partial charge in [-0.25, -0.2) is 9.78 Å². The molecule has 3 aromatic rings. The average molecular weight is 391 g/mol. The van der Waals surface area contributed by atoms with Crippen LogP contribution in [0.3, 0.4) is 0 Å². The second kappa shape index (κ2) is 7.34. The van der Waals surface area contributed by atoms with Crippen LogP contribution < -0.4 is 5.32 Å². The highest BCUT2D eigenvalue weighted by Crippen LogP contribution is 2.34. The molecule has 0 aliphatic carbocycles. The third kappa shape index (κ3) is 3.98. The number of amides is 1. The number of para-hydroxylation sites is 1. The minimum absolute atomic E-state index is 0.00959. The molecule has 0 aliphatic heterocycles. The summed E-state index contributed by atoms with van der Waals surface area (Å²) in [5.41, 5.74) is -0.0321. The maximum atomic E-state index is 13.0. The van der Waals surface area contributed by atoms with Gasteiger partial charge in [0.05, 0.1) is 11.3 Å². The zero-order valence-corrected chi connectivity index (χ0v) is 14.9. The first-order valence-corrected chi connectivity index (χ1v) is 8.29. The second-order valence-corrected chi connectivity index (χ2v) is 6.10. The van der Waals surface area contributed by atoms with Crippen molar-refractivity contribution in [2.75, 3.05) is 5.32 Å². The molecule has 1 amide bonds. The molecule has 3 rings (SSSR count). The highest BCUT2D eigenvalue weighted by Gasteiger charge is 2.34. The van der Waals surface area contributed by atoms with Crippen molar-refractivity contribution in [3.05, 3.63) is 65.6 Å². The van der Waals surface area contributed by atoms with Crippen molar-refractivity contribution in [3.8, 4) is 0 Å². The summed E-state index contributed by atoms with van der Waals surface area (Å²) in [5, 5.41) is 2.15. The summed E-state index contributed by atoms with van der Waals surface area (Å²) in [4.78, 5) is 28.6. The Kier molecular flexibility index (Phi) is 5.08. The lowest BCUT2D eigenvalue weighted by molar-refractivity contribution is -0.137. The number of halogens is 3. The minimum atomic E-state index is -4.63. The van der Waals surface area contributed by atoms with E-state index >= 15 is 0 Å². The summed E-state index contributed by atoms with van der Waals surface area (Å²) in [6, 6.07) is 9.87. The van der Waals surface area contributed by atoms with Gasteiger partial charge in [0.2, 0.25) is 0 Å². The van der Waals surface area contributed by atoms with Gasteiger partial charge in [-0.05, 0) is 38.1 Å². The summed E-state index contributed by atoms with van der Waals surface area (Å²) in [7, 11) is 0. The summed E-state index contributed by atoms with van der Waals surface area (Å²) >= 11 is 0. The predicted molar refractivity (Wildman–Crippen MR) is 94.9 cm³/mol. The number of benzene rings is 1. The molecule has 1 N–H and O–H groups in total. The Morgan fingerprint density at radius 1 is 1.14 bits per heavy atom. The number of anilines is 1. The number of rotatable bonds is 4. The van der Waals surface area contributed by atoms with Gasteiger partial charge in [0.1, 0.15) is 5.65 Å². The lowest BCUT2D eigenvalue weighted by Gasteiger charge is -2.16. The Labute approximate surface area is 157 Å². The number of alkyl halides is 3. The van der Waals surface area contributed by atoms with E-state index in [-0.39, 0.29) is 5.69 Å². The topological polar surface area (TPSA) is 72.7 Å². The fraction of sp³-hybridized carbons (Fsp3) is 0.211. The molecular weight excluding hydrogens is 375 g/mol. The number of fused-ring (bicyclic) bond motifs is 1. The predicted octanol–water partition coefficient (Wildman–Crippen LogP) is 3.85. The third-order valence-corrected chi connectivity index (χ3v) is 4.05. The molecular formula is C19H16F3N3O3. The van der Waals surface area contributed by atoms with Gasteiger partial charge in [-0.15, -0.1) is 0 Å². The van der Waals surface area contributed by atoms with E-state index in [2.05, 4.69) is 10.3 Å². The van der Waals surface area contributed by atoms with Crippen LogP contribution >= 0.6 is 0 Å². The van der Waals surface area contributed by atoms with E-state index in [4.69, 9.17) is 4.74 Å². The van der Waals surface area contributed by atoms with Crippen molar-refractivity contribution >= 4 is 23.2 Å². The number of aryl methyl sites for hydroxylation is 1. The van der Waals surface area contributed by atoms with Crippen LogP contribution in [0.1, 0.15) is 28.7 Å². The zero-order chi connectivity index (χ0) is 20.5. The Hall–Kier alpha value is -3.36. The summed E-state index contributed by atoms with van der Waals surface area (Å²) < 4.78 is 45.8. The molecule has 28 heavy (non-hydrogen) atoms. The summed E-state index contributed by atoms with van der Waals surface area (Å²) in [6.45, 7) is 3.10. The van der Waals surface area contributed by atoms with E-state index in [1.54, 1.807) is 16.5 Å². The van der Waals surface area contributed by atoms with E-state index in [0.29, 0.717) is 5.65 Å². The van der Waals surface area contributed by atoms with Crippen LogP contribution in [0, 0.1) is 6.92 Å². The van der Waals surface area contributed by atoms with Crippen LogP contribution in [0.25, 0.3) is 5.65 Å². The number of ether oxygens (including phenoxy) is 1.